The molecule has 0 aromatic heterocycles. The van der Waals surface area contributed by atoms with Gasteiger partial charge in [-0.05, 0) is 49.2 Å². The van der Waals surface area contributed by atoms with Crippen molar-refractivity contribution in [3.63, 3.8) is 0 Å². The molecule has 2 aromatic carbocycles. The summed E-state index contributed by atoms with van der Waals surface area (Å²) in [6, 6.07) is 8.76. The lowest BCUT2D eigenvalue weighted by atomic mass is 10.1. The van der Waals surface area contributed by atoms with Crippen LogP contribution >= 0.6 is 27.5 Å². The Hall–Kier alpha value is -1.32. The topological polar surface area (TPSA) is 26.3 Å². The van der Waals surface area contributed by atoms with Crippen molar-refractivity contribution in [3.8, 4) is 11.5 Å². The van der Waals surface area contributed by atoms with E-state index < -0.39 is 0 Å². The van der Waals surface area contributed by atoms with E-state index in [2.05, 4.69) is 15.9 Å². The van der Waals surface area contributed by atoms with Gasteiger partial charge in [0.25, 0.3) is 0 Å². The van der Waals surface area contributed by atoms with Crippen molar-refractivity contribution in [2.24, 2.45) is 0 Å². The van der Waals surface area contributed by atoms with Gasteiger partial charge in [-0.25, -0.2) is 0 Å². The monoisotopic (exact) mass is 338 g/mol. The van der Waals surface area contributed by atoms with E-state index in [0.29, 0.717) is 22.1 Å². The molecule has 4 heteroatoms. The first-order valence-electron chi connectivity index (χ1n) is 5.70. The van der Waals surface area contributed by atoms with E-state index in [4.69, 9.17) is 16.3 Å². The van der Waals surface area contributed by atoms with Crippen molar-refractivity contribution in [3.05, 3.63) is 56.5 Å². The standard InChI is InChI=1S/C15H12BrClO2/c1-9-5-13(6-10(2)15(9)16)19-14-7-12(17)4-3-11(14)8-18/h3-8H,1-2H3. The fourth-order valence-corrected chi connectivity index (χ4v) is 2.18. The summed E-state index contributed by atoms with van der Waals surface area (Å²) in [4.78, 5) is 11.0. The Morgan fingerprint density at radius 1 is 1.16 bits per heavy atom. The Morgan fingerprint density at radius 2 is 1.79 bits per heavy atom. The van der Waals surface area contributed by atoms with Crippen LogP contribution in [0.25, 0.3) is 0 Å². The maximum absolute atomic E-state index is 11.0. The van der Waals surface area contributed by atoms with Crippen LogP contribution in [0.2, 0.25) is 5.02 Å². The quantitative estimate of drug-likeness (QED) is 0.707. The van der Waals surface area contributed by atoms with Crippen molar-refractivity contribution < 1.29 is 9.53 Å². The Labute approximate surface area is 125 Å². The van der Waals surface area contributed by atoms with E-state index in [1.165, 1.54) is 0 Å². The average Bonchev–Trinajstić information content (AvgIpc) is 2.36. The van der Waals surface area contributed by atoms with Gasteiger partial charge in [-0.15, -0.1) is 0 Å². The van der Waals surface area contributed by atoms with Gasteiger partial charge < -0.3 is 4.74 Å². The van der Waals surface area contributed by atoms with Crippen LogP contribution in [0.15, 0.2) is 34.8 Å². The van der Waals surface area contributed by atoms with Crippen molar-refractivity contribution in [1.29, 1.82) is 0 Å². The Morgan fingerprint density at radius 3 is 2.37 bits per heavy atom. The molecule has 0 N–H and O–H groups in total. The Kier molecular flexibility index (Phi) is 4.27. The van der Waals surface area contributed by atoms with E-state index in [1.54, 1.807) is 18.2 Å². The molecule has 0 bridgehead atoms. The summed E-state index contributed by atoms with van der Waals surface area (Å²) in [5.74, 6) is 1.15. The molecule has 0 heterocycles. The maximum atomic E-state index is 11.0. The van der Waals surface area contributed by atoms with Crippen LogP contribution in [0.1, 0.15) is 21.5 Å². The first kappa shape index (κ1) is 14.1. The van der Waals surface area contributed by atoms with Gasteiger partial charge in [-0.1, -0.05) is 27.5 Å². The smallest absolute Gasteiger partial charge is 0.153 e. The predicted octanol–water partition coefficient (Wildman–Crippen LogP) is 5.32. The largest absolute Gasteiger partial charge is 0.457 e. The minimum absolute atomic E-state index is 0.462. The second-order valence-corrected chi connectivity index (χ2v) is 5.50. The normalized spacial score (nSPS) is 10.3. The zero-order valence-corrected chi connectivity index (χ0v) is 12.9. The van der Waals surface area contributed by atoms with Crippen LogP contribution < -0.4 is 4.74 Å². The van der Waals surface area contributed by atoms with Crippen LogP contribution in [0, 0.1) is 13.8 Å². The van der Waals surface area contributed by atoms with E-state index in [9.17, 15) is 4.79 Å². The molecule has 19 heavy (non-hydrogen) atoms. The first-order chi connectivity index (χ1) is 9.01. The van der Waals surface area contributed by atoms with Crippen LogP contribution in [0.3, 0.4) is 0 Å². The lowest BCUT2D eigenvalue weighted by Gasteiger charge is -2.11. The third-order valence-electron chi connectivity index (χ3n) is 2.74. The molecule has 0 saturated carbocycles. The summed E-state index contributed by atoms with van der Waals surface area (Å²) < 4.78 is 6.82. The second-order valence-electron chi connectivity index (χ2n) is 4.27. The number of aryl methyl sites for hydroxylation is 2. The molecule has 0 spiro atoms. The SMILES string of the molecule is Cc1cc(Oc2cc(Cl)ccc2C=O)cc(C)c1Br. The van der Waals surface area contributed by atoms with Gasteiger partial charge in [0.2, 0.25) is 0 Å². The summed E-state index contributed by atoms with van der Waals surface area (Å²) in [7, 11) is 0. The molecule has 0 fully saturated rings. The van der Waals surface area contributed by atoms with Gasteiger partial charge in [0, 0.05) is 15.6 Å². The molecule has 2 nitrogen and oxygen atoms in total. The minimum atomic E-state index is 0.462. The number of aldehydes is 1. The van der Waals surface area contributed by atoms with Gasteiger partial charge in [-0.2, -0.15) is 0 Å². The van der Waals surface area contributed by atoms with Crippen molar-refractivity contribution >= 4 is 33.8 Å². The fraction of sp³-hybridized carbons (Fsp3) is 0.133. The molecule has 0 unspecified atom stereocenters. The highest BCUT2D eigenvalue weighted by atomic mass is 79.9. The van der Waals surface area contributed by atoms with Crippen LogP contribution in [0.4, 0.5) is 0 Å². The van der Waals surface area contributed by atoms with Crippen LogP contribution in [0.5, 0.6) is 11.5 Å². The summed E-state index contributed by atoms with van der Waals surface area (Å²) in [5.41, 5.74) is 2.62. The lowest BCUT2D eigenvalue weighted by molar-refractivity contribution is 0.112. The number of hydrogen-bond donors (Lipinski definition) is 0. The number of rotatable bonds is 3. The number of carbonyl (C=O) groups excluding carboxylic acids is 1. The number of ether oxygens (including phenoxy) is 1. The van der Waals surface area contributed by atoms with Gasteiger partial charge in [0.05, 0.1) is 5.56 Å². The Balaban J connectivity index is 2.41. The molecule has 0 aliphatic heterocycles. The molecule has 2 rings (SSSR count). The third kappa shape index (κ3) is 3.17. The molecule has 0 saturated heterocycles. The molecule has 98 valence electrons. The minimum Gasteiger partial charge on any atom is -0.457 e. The highest BCUT2D eigenvalue weighted by molar-refractivity contribution is 9.10. The predicted molar refractivity (Wildman–Crippen MR) is 80.5 cm³/mol. The first-order valence-corrected chi connectivity index (χ1v) is 6.87. The highest BCUT2D eigenvalue weighted by Gasteiger charge is 2.08. The van der Waals surface area contributed by atoms with E-state index in [0.717, 1.165) is 21.9 Å². The summed E-state index contributed by atoms with van der Waals surface area (Å²) in [5, 5.41) is 0.533. The van der Waals surface area contributed by atoms with Crippen LogP contribution in [-0.2, 0) is 0 Å². The summed E-state index contributed by atoms with van der Waals surface area (Å²) >= 11 is 9.43. The van der Waals surface area contributed by atoms with E-state index in [1.807, 2.05) is 26.0 Å². The van der Waals surface area contributed by atoms with Crippen molar-refractivity contribution in [1.82, 2.24) is 0 Å². The van der Waals surface area contributed by atoms with Gasteiger partial charge >= 0.3 is 0 Å². The van der Waals surface area contributed by atoms with E-state index >= 15 is 0 Å². The molecule has 0 atom stereocenters. The van der Waals surface area contributed by atoms with Crippen molar-refractivity contribution in [2.75, 3.05) is 0 Å². The van der Waals surface area contributed by atoms with Gasteiger partial charge in [0.15, 0.2) is 6.29 Å². The van der Waals surface area contributed by atoms with Crippen LogP contribution in [-0.4, -0.2) is 6.29 Å². The zero-order chi connectivity index (χ0) is 14.0. The average molecular weight is 340 g/mol. The second kappa shape index (κ2) is 5.76. The lowest BCUT2D eigenvalue weighted by Crippen LogP contribution is -1.92. The number of hydrogen-bond acceptors (Lipinski definition) is 2. The zero-order valence-electron chi connectivity index (χ0n) is 10.5. The highest BCUT2D eigenvalue weighted by Crippen LogP contribution is 2.31. The molecule has 0 radical (unpaired) electrons. The van der Waals surface area contributed by atoms with Gasteiger partial charge in [0.1, 0.15) is 11.5 Å². The number of benzene rings is 2. The molecular weight excluding hydrogens is 328 g/mol. The summed E-state index contributed by atoms with van der Waals surface area (Å²) in [6.07, 6.45) is 0.754. The molecule has 2 aromatic rings. The van der Waals surface area contributed by atoms with E-state index in [-0.39, 0.29) is 0 Å². The summed E-state index contributed by atoms with van der Waals surface area (Å²) in [6.45, 7) is 3.98. The van der Waals surface area contributed by atoms with Crippen molar-refractivity contribution in [2.45, 2.75) is 13.8 Å². The third-order valence-corrected chi connectivity index (χ3v) is 4.23. The molecule has 0 aliphatic carbocycles. The van der Waals surface area contributed by atoms with Gasteiger partial charge in [-0.3, -0.25) is 4.79 Å². The number of halogens is 2. The fourth-order valence-electron chi connectivity index (χ4n) is 1.79. The Bertz CT molecular complexity index is 615. The number of carbonyl (C=O) groups is 1. The molecule has 0 amide bonds. The maximum Gasteiger partial charge on any atom is 0.153 e. The molecule has 0 aliphatic rings. The molecular formula is C15H12BrClO2.